The molecule has 3 rings (SSSR count). The molecule has 4 nitrogen and oxygen atoms in total. The summed E-state index contributed by atoms with van der Waals surface area (Å²) in [5.74, 6) is 1.34. The van der Waals surface area contributed by atoms with E-state index in [0.29, 0.717) is 31.3 Å². The Morgan fingerprint density at radius 2 is 1.52 bits per heavy atom. The predicted octanol–water partition coefficient (Wildman–Crippen LogP) is 4.94. The van der Waals surface area contributed by atoms with Crippen LogP contribution in [0, 0.1) is 5.41 Å². The summed E-state index contributed by atoms with van der Waals surface area (Å²) in [6.07, 6.45) is 0. The molecule has 0 N–H and O–H groups in total. The second-order valence-corrected chi connectivity index (χ2v) is 7.39. The van der Waals surface area contributed by atoms with Gasteiger partial charge in [0.15, 0.2) is 11.5 Å². The van der Waals surface area contributed by atoms with Gasteiger partial charge >= 0.3 is 8.60 Å². The minimum atomic E-state index is -1.37. The van der Waals surface area contributed by atoms with Gasteiger partial charge in [0, 0.05) is 5.41 Å². The molecule has 0 aliphatic carbocycles. The van der Waals surface area contributed by atoms with Gasteiger partial charge in [0.1, 0.15) is 6.61 Å². The van der Waals surface area contributed by atoms with E-state index in [-0.39, 0.29) is 5.41 Å². The molecule has 1 aliphatic rings. The normalized spacial score (nSPS) is 17.7. The molecule has 0 bridgehead atoms. The molecule has 0 spiro atoms. The summed E-state index contributed by atoms with van der Waals surface area (Å²) in [6.45, 7) is 5.97. The number of ether oxygens (including phenoxy) is 1. The summed E-state index contributed by atoms with van der Waals surface area (Å²) >= 11 is 0. The van der Waals surface area contributed by atoms with Crippen molar-refractivity contribution in [2.45, 2.75) is 20.5 Å². The van der Waals surface area contributed by atoms with E-state index in [1.807, 2.05) is 54.6 Å². The van der Waals surface area contributed by atoms with E-state index in [4.69, 9.17) is 18.3 Å². The maximum atomic E-state index is 5.88. The molecule has 1 fully saturated rings. The van der Waals surface area contributed by atoms with Gasteiger partial charge < -0.3 is 18.3 Å². The van der Waals surface area contributed by atoms with E-state index in [2.05, 4.69) is 13.8 Å². The SMILES string of the molecule is CC1(C)COP(Oc2ccccc2OCc2ccccc2)OC1. The monoisotopic (exact) mass is 332 g/mol. The largest absolute Gasteiger partial charge is 0.485 e. The third-order valence-corrected chi connectivity index (χ3v) is 4.41. The molecular formula is C18H21O4P. The van der Waals surface area contributed by atoms with Gasteiger partial charge in [-0.1, -0.05) is 56.3 Å². The first-order valence-electron chi connectivity index (χ1n) is 7.62. The van der Waals surface area contributed by atoms with Gasteiger partial charge in [0.2, 0.25) is 0 Å². The standard InChI is InChI=1S/C18H21O4P/c1-18(2)13-20-23(21-14-18)22-17-11-7-6-10-16(17)19-12-15-8-4-3-5-9-15/h3-11H,12-14H2,1-2H3. The number of hydrogen-bond acceptors (Lipinski definition) is 4. The zero-order valence-electron chi connectivity index (χ0n) is 13.4. The van der Waals surface area contributed by atoms with Gasteiger partial charge in [-0.05, 0) is 17.7 Å². The van der Waals surface area contributed by atoms with Crippen molar-refractivity contribution in [3.63, 3.8) is 0 Å². The highest BCUT2D eigenvalue weighted by Gasteiger charge is 2.31. The molecule has 1 saturated heterocycles. The van der Waals surface area contributed by atoms with Crippen molar-refractivity contribution >= 4 is 8.60 Å². The molecule has 0 amide bonds. The lowest BCUT2D eigenvalue weighted by atomic mass is 9.97. The number of benzene rings is 2. The molecule has 1 heterocycles. The topological polar surface area (TPSA) is 36.9 Å². The molecule has 0 aromatic heterocycles. The van der Waals surface area contributed by atoms with Gasteiger partial charge in [0.05, 0.1) is 13.2 Å². The molecule has 5 heteroatoms. The van der Waals surface area contributed by atoms with E-state index in [1.165, 1.54) is 0 Å². The number of hydrogen-bond donors (Lipinski definition) is 0. The van der Waals surface area contributed by atoms with Gasteiger partial charge in [-0.3, -0.25) is 0 Å². The average Bonchev–Trinajstić information content (AvgIpc) is 2.57. The third-order valence-electron chi connectivity index (χ3n) is 3.38. The molecule has 0 atom stereocenters. The Morgan fingerprint density at radius 3 is 2.22 bits per heavy atom. The Kier molecular flexibility index (Phi) is 5.16. The molecule has 0 saturated carbocycles. The maximum Gasteiger partial charge on any atom is 0.397 e. The maximum absolute atomic E-state index is 5.88. The quantitative estimate of drug-likeness (QED) is 0.726. The fourth-order valence-corrected chi connectivity index (χ4v) is 3.45. The zero-order valence-corrected chi connectivity index (χ0v) is 14.3. The summed E-state index contributed by atoms with van der Waals surface area (Å²) in [5, 5.41) is 0. The van der Waals surface area contributed by atoms with E-state index in [1.54, 1.807) is 0 Å². The van der Waals surface area contributed by atoms with E-state index >= 15 is 0 Å². The van der Waals surface area contributed by atoms with Crippen LogP contribution < -0.4 is 9.26 Å². The van der Waals surface area contributed by atoms with Crippen LogP contribution in [0.1, 0.15) is 19.4 Å². The number of rotatable bonds is 5. The van der Waals surface area contributed by atoms with Crippen LogP contribution in [0.3, 0.4) is 0 Å². The molecule has 2 aromatic carbocycles. The van der Waals surface area contributed by atoms with Crippen molar-refractivity contribution in [3.8, 4) is 11.5 Å². The van der Waals surface area contributed by atoms with Crippen molar-refractivity contribution in [3.05, 3.63) is 60.2 Å². The van der Waals surface area contributed by atoms with Crippen LogP contribution in [0.5, 0.6) is 11.5 Å². The molecule has 23 heavy (non-hydrogen) atoms. The molecule has 2 aromatic rings. The Balaban J connectivity index is 1.62. The highest BCUT2D eigenvalue weighted by molar-refractivity contribution is 7.42. The Bertz CT molecular complexity index is 620. The second-order valence-electron chi connectivity index (χ2n) is 6.25. The Labute approximate surface area is 138 Å². The van der Waals surface area contributed by atoms with Crippen molar-refractivity contribution in [1.29, 1.82) is 0 Å². The molecule has 0 radical (unpaired) electrons. The first-order chi connectivity index (χ1) is 11.1. The van der Waals surface area contributed by atoms with Crippen LogP contribution in [0.25, 0.3) is 0 Å². The van der Waals surface area contributed by atoms with E-state index in [9.17, 15) is 0 Å². The smallest absolute Gasteiger partial charge is 0.397 e. The first-order valence-corrected chi connectivity index (χ1v) is 8.72. The van der Waals surface area contributed by atoms with E-state index < -0.39 is 8.60 Å². The van der Waals surface area contributed by atoms with Crippen LogP contribution in [-0.2, 0) is 15.7 Å². The van der Waals surface area contributed by atoms with Gasteiger partial charge in [-0.2, -0.15) is 0 Å². The lowest BCUT2D eigenvalue weighted by molar-refractivity contribution is 0.0423. The zero-order chi connectivity index (χ0) is 16.1. The predicted molar refractivity (Wildman–Crippen MR) is 90.4 cm³/mol. The van der Waals surface area contributed by atoms with Crippen molar-refractivity contribution in [1.82, 2.24) is 0 Å². The van der Waals surface area contributed by atoms with Crippen molar-refractivity contribution in [2.24, 2.45) is 5.41 Å². The number of para-hydroxylation sites is 2. The minimum Gasteiger partial charge on any atom is -0.485 e. The fraction of sp³-hybridized carbons (Fsp3) is 0.333. The van der Waals surface area contributed by atoms with Crippen LogP contribution in [0.4, 0.5) is 0 Å². The molecule has 0 unspecified atom stereocenters. The lowest BCUT2D eigenvalue weighted by Crippen LogP contribution is -2.29. The lowest BCUT2D eigenvalue weighted by Gasteiger charge is -2.32. The van der Waals surface area contributed by atoms with E-state index in [0.717, 1.165) is 5.56 Å². The van der Waals surface area contributed by atoms with Crippen molar-refractivity contribution in [2.75, 3.05) is 13.2 Å². The Hall–Kier alpha value is -1.61. The summed E-state index contributed by atoms with van der Waals surface area (Å²) in [4.78, 5) is 0. The van der Waals surface area contributed by atoms with Gasteiger partial charge in [-0.25, -0.2) is 0 Å². The van der Waals surface area contributed by atoms with Gasteiger partial charge in [-0.15, -0.1) is 0 Å². The summed E-state index contributed by atoms with van der Waals surface area (Å²) < 4.78 is 23.1. The third kappa shape index (κ3) is 4.68. The van der Waals surface area contributed by atoms with Crippen LogP contribution in [0.15, 0.2) is 54.6 Å². The Morgan fingerprint density at radius 1 is 0.913 bits per heavy atom. The van der Waals surface area contributed by atoms with Crippen LogP contribution in [0.2, 0.25) is 0 Å². The van der Waals surface area contributed by atoms with Crippen LogP contribution >= 0.6 is 8.60 Å². The minimum absolute atomic E-state index is 0.0333. The molecular weight excluding hydrogens is 311 g/mol. The summed E-state index contributed by atoms with van der Waals surface area (Å²) in [6, 6.07) is 17.6. The average molecular weight is 332 g/mol. The van der Waals surface area contributed by atoms with Crippen LogP contribution in [-0.4, -0.2) is 13.2 Å². The van der Waals surface area contributed by atoms with Gasteiger partial charge in [0.25, 0.3) is 0 Å². The fourth-order valence-electron chi connectivity index (χ4n) is 2.05. The summed E-state index contributed by atoms with van der Waals surface area (Å²) in [7, 11) is -1.37. The molecule has 122 valence electrons. The highest BCUT2D eigenvalue weighted by atomic mass is 31.2. The summed E-state index contributed by atoms with van der Waals surface area (Å²) in [5.41, 5.74) is 1.14. The first kappa shape index (κ1) is 16.3. The van der Waals surface area contributed by atoms with Crippen molar-refractivity contribution < 1.29 is 18.3 Å². The second kappa shape index (κ2) is 7.31. The molecule has 1 aliphatic heterocycles. The highest BCUT2D eigenvalue weighted by Crippen LogP contribution is 2.48.